The van der Waals surface area contributed by atoms with Gasteiger partial charge in [-0.2, -0.15) is 0 Å². The minimum absolute atomic E-state index is 0.151. The van der Waals surface area contributed by atoms with Gasteiger partial charge in [0.1, 0.15) is 11.6 Å². The molecule has 0 aromatic heterocycles. The largest absolute Gasteiger partial charge is 0.454 e. The molecule has 0 aliphatic carbocycles. The van der Waals surface area contributed by atoms with Gasteiger partial charge in [-0.05, 0) is 36.8 Å². The molecule has 6 nitrogen and oxygen atoms in total. The molecule has 1 atom stereocenters. The van der Waals surface area contributed by atoms with Crippen LogP contribution in [0, 0.1) is 11.6 Å². The molecule has 0 saturated heterocycles. The minimum Gasteiger partial charge on any atom is -0.454 e. The topological polar surface area (TPSA) is 73.9 Å². The van der Waals surface area contributed by atoms with Gasteiger partial charge >= 0.3 is 5.97 Å². The quantitative estimate of drug-likeness (QED) is 0.827. The first-order chi connectivity index (χ1) is 12.4. The molecule has 1 aliphatic heterocycles. The fourth-order valence-corrected chi connectivity index (χ4v) is 2.32. The van der Waals surface area contributed by atoms with E-state index < -0.39 is 35.2 Å². The SMILES string of the molecule is C[C@H](OC(=O)c1ccc(F)cc1F)C(=O)NCc1ccc2c(c1)OCO2. The summed E-state index contributed by atoms with van der Waals surface area (Å²) in [5.41, 5.74) is 0.326. The van der Waals surface area contributed by atoms with E-state index in [1.54, 1.807) is 18.2 Å². The number of amides is 1. The smallest absolute Gasteiger partial charge is 0.341 e. The summed E-state index contributed by atoms with van der Waals surface area (Å²) in [6.45, 7) is 1.69. The number of hydrogen-bond acceptors (Lipinski definition) is 5. The van der Waals surface area contributed by atoms with Crippen LogP contribution in [-0.2, 0) is 16.1 Å². The number of fused-ring (bicyclic) bond motifs is 1. The Balaban J connectivity index is 1.55. The summed E-state index contributed by atoms with van der Waals surface area (Å²) in [7, 11) is 0. The van der Waals surface area contributed by atoms with Gasteiger partial charge in [-0.25, -0.2) is 13.6 Å². The number of benzene rings is 2. The molecule has 1 aliphatic rings. The fourth-order valence-electron chi connectivity index (χ4n) is 2.32. The lowest BCUT2D eigenvalue weighted by atomic mass is 10.2. The lowest BCUT2D eigenvalue weighted by Crippen LogP contribution is -2.35. The third-order valence-electron chi connectivity index (χ3n) is 3.71. The molecule has 1 amide bonds. The summed E-state index contributed by atoms with van der Waals surface area (Å²) in [6.07, 6.45) is -1.15. The summed E-state index contributed by atoms with van der Waals surface area (Å²) in [5, 5.41) is 2.60. The van der Waals surface area contributed by atoms with Crippen LogP contribution >= 0.6 is 0 Å². The van der Waals surface area contributed by atoms with Crippen molar-refractivity contribution in [1.29, 1.82) is 0 Å². The van der Waals surface area contributed by atoms with Crippen LogP contribution in [-0.4, -0.2) is 24.8 Å². The lowest BCUT2D eigenvalue weighted by molar-refractivity contribution is -0.129. The summed E-state index contributed by atoms with van der Waals surface area (Å²) < 4.78 is 41.8. The molecule has 0 spiro atoms. The Morgan fingerprint density at radius 2 is 1.92 bits per heavy atom. The van der Waals surface area contributed by atoms with Gasteiger partial charge in [0.25, 0.3) is 5.91 Å². The summed E-state index contributed by atoms with van der Waals surface area (Å²) in [5.74, 6) is -2.25. The van der Waals surface area contributed by atoms with Crippen molar-refractivity contribution in [2.75, 3.05) is 6.79 Å². The first-order valence-corrected chi connectivity index (χ1v) is 7.76. The number of carbonyl (C=O) groups excluding carboxylic acids is 2. The van der Waals surface area contributed by atoms with E-state index in [2.05, 4.69) is 5.32 Å². The van der Waals surface area contributed by atoms with Crippen molar-refractivity contribution in [1.82, 2.24) is 5.32 Å². The van der Waals surface area contributed by atoms with Gasteiger partial charge < -0.3 is 19.5 Å². The van der Waals surface area contributed by atoms with Crippen molar-refractivity contribution < 1.29 is 32.6 Å². The zero-order valence-electron chi connectivity index (χ0n) is 13.8. The van der Waals surface area contributed by atoms with E-state index in [-0.39, 0.29) is 13.3 Å². The highest BCUT2D eigenvalue weighted by Gasteiger charge is 2.21. The second-order valence-corrected chi connectivity index (χ2v) is 5.58. The van der Waals surface area contributed by atoms with E-state index in [1.165, 1.54) is 6.92 Å². The van der Waals surface area contributed by atoms with Crippen LogP contribution in [0.2, 0.25) is 0 Å². The maximum atomic E-state index is 13.6. The molecule has 26 heavy (non-hydrogen) atoms. The van der Waals surface area contributed by atoms with Gasteiger partial charge in [-0.15, -0.1) is 0 Å². The molecule has 136 valence electrons. The molecule has 2 aromatic carbocycles. The Hall–Kier alpha value is -3.16. The molecule has 8 heteroatoms. The number of carbonyl (C=O) groups is 2. The van der Waals surface area contributed by atoms with Gasteiger partial charge in [0.2, 0.25) is 6.79 Å². The minimum atomic E-state index is -1.15. The maximum Gasteiger partial charge on any atom is 0.341 e. The van der Waals surface area contributed by atoms with Crippen molar-refractivity contribution in [2.45, 2.75) is 19.6 Å². The first kappa shape index (κ1) is 17.7. The number of esters is 1. The Bertz CT molecular complexity index is 855. The van der Waals surface area contributed by atoms with Crippen molar-refractivity contribution in [3.05, 3.63) is 59.2 Å². The maximum absolute atomic E-state index is 13.6. The van der Waals surface area contributed by atoms with E-state index >= 15 is 0 Å². The van der Waals surface area contributed by atoms with Crippen LogP contribution in [0.15, 0.2) is 36.4 Å². The predicted octanol–water partition coefficient (Wildman–Crippen LogP) is 2.56. The van der Waals surface area contributed by atoms with Gasteiger partial charge in [-0.1, -0.05) is 6.07 Å². The van der Waals surface area contributed by atoms with Gasteiger partial charge in [0, 0.05) is 12.6 Å². The number of nitrogens with one attached hydrogen (secondary N) is 1. The molecule has 0 bridgehead atoms. The zero-order chi connectivity index (χ0) is 18.7. The van der Waals surface area contributed by atoms with E-state index in [0.717, 1.165) is 17.7 Å². The highest BCUT2D eigenvalue weighted by Crippen LogP contribution is 2.32. The normalized spacial score (nSPS) is 13.2. The lowest BCUT2D eigenvalue weighted by Gasteiger charge is -2.14. The Kier molecular flexibility index (Phi) is 5.01. The molecule has 1 heterocycles. The Morgan fingerprint density at radius 3 is 2.69 bits per heavy atom. The highest BCUT2D eigenvalue weighted by atomic mass is 19.1. The molecule has 0 fully saturated rings. The highest BCUT2D eigenvalue weighted by molar-refractivity contribution is 5.92. The van der Waals surface area contributed by atoms with Crippen LogP contribution in [0.3, 0.4) is 0 Å². The van der Waals surface area contributed by atoms with Gasteiger partial charge in [0.05, 0.1) is 5.56 Å². The van der Waals surface area contributed by atoms with E-state index in [0.29, 0.717) is 17.6 Å². The van der Waals surface area contributed by atoms with Crippen LogP contribution in [0.1, 0.15) is 22.8 Å². The van der Waals surface area contributed by atoms with E-state index in [4.69, 9.17) is 14.2 Å². The van der Waals surface area contributed by atoms with Gasteiger partial charge in [0.15, 0.2) is 17.6 Å². The second kappa shape index (κ2) is 7.38. The molecule has 1 N–H and O–H groups in total. The summed E-state index contributed by atoms with van der Waals surface area (Å²) in [4.78, 5) is 24.0. The Labute approximate surface area is 147 Å². The molecule has 2 aromatic rings. The molecule has 0 unspecified atom stereocenters. The molecule has 3 rings (SSSR count). The zero-order valence-corrected chi connectivity index (χ0v) is 13.8. The van der Waals surface area contributed by atoms with Gasteiger partial charge in [-0.3, -0.25) is 4.79 Å². The molecular weight excluding hydrogens is 348 g/mol. The van der Waals surface area contributed by atoms with Crippen molar-refractivity contribution in [3.63, 3.8) is 0 Å². The van der Waals surface area contributed by atoms with Crippen molar-refractivity contribution >= 4 is 11.9 Å². The van der Waals surface area contributed by atoms with Crippen molar-refractivity contribution in [2.24, 2.45) is 0 Å². The van der Waals surface area contributed by atoms with Crippen LogP contribution < -0.4 is 14.8 Å². The second-order valence-electron chi connectivity index (χ2n) is 5.58. The standard InChI is InChI=1S/C18H15F2NO5/c1-10(26-18(23)13-4-3-12(19)7-14(13)20)17(22)21-8-11-2-5-15-16(6-11)25-9-24-15/h2-7,10H,8-9H2,1H3,(H,21,22)/t10-/m0/s1. The average molecular weight is 363 g/mol. The number of rotatable bonds is 5. The summed E-state index contributed by atoms with van der Waals surface area (Å²) in [6, 6.07) is 7.69. The van der Waals surface area contributed by atoms with Crippen molar-refractivity contribution in [3.8, 4) is 11.5 Å². The fraction of sp³-hybridized carbons (Fsp3) is 0.222. The number of hydrogen-bond donors (Lipinski definition) is 1. The van der Waals surface area contributed by atoms with Crippen LogP contribution in [0.25, 0.3) is 0 Å². The predicted molar refractivity (Wildman–Crippen MR) is 85.6 cm³/mol. The monoisotopic (exact) mass is 363 g/mol. The average Bonchev–Trinajstić information content (AvgIpc) is 3.07. The molecule has 0 radical (unpaired) electrons. The third kappa shape index (κ3) is 3.90. The van der Waals surface area contributed by atoms with E-state index in [1.807, 2.05) is 0 Å². The van der Waals surface area contributed by atoms with Crippen LogP contribution in [0.4, 0.5) is 8.78 Å². The molecular formula is C18H15F2NO5. The molecule has 0 saturated carbocycles. The summed E-state index contributed by atoms with van der Waals surface area (Å²) >= 11 is 0. The van der Waals surface area contributed by atoms with Crippen LogP contribution in [0.5, 0.6) is 11.5 Å². The Morgan fingerprint density at radius 1 is 1.15 bits per heavy atom. The van der Waals surface area contributed by atoms with E-state index in [9.17, 15) is 18.4 Å². The number of halogens is 2. The first-order valence-electron chi connectivity index (χ1n) is 7.76. The third-order valence-corrected chi connectivity index (χ3v) is 3.71. The number of ether oxygens (including phenoxy) is 3.